The van der Waals surface area contributed by atoms with Crippen LogP contribution >= 0.6 is 12.4 Å². The van der Waals surface area contributed by atoms with Crippen molar-refractivity contribution in [2.45, 2.75) is 24.9 Å². The summed E-state index contributed by atoms with van der Waals surface area (Å²) >= 11 is 0. The third-order valence-corrected chi connectivity index (χ3v) is 5.59. The van der Waals surface area contributed by atoms with Gasteiger partial charge in [0.1, 0.15) is 22.9 Å². The van der Waals surface area contributed by atoms with Crippen LogP contribution in [0.4, 0.5) is 9.18 Å². The van der Waals surface area contributed by atoms with Gasteiger partial charge in [-0.05, 0) is 48.9 Å². The molecule has 0 aliphatic carbocycles. The molecule has 9 heteroatoms. The van der Waals surface area contributed by atoms with E-state index in [1.54, 1.807) is 4.90 Å². The van der Waals surface area contributed by atoms with Gasteiger partial charge in [0, 0.05) is 25.9 Å². The first-order valence-electron chi connectivity index (χ1n) is 10.0. The van der Waals surface area contributed by atoms with Crippen LogP contribution in [0.15, 0.2) is 42.5 Å². The molecule has 2 amide bonds. The number of benzene rings is 2. The summed E-state index contributed by atoms with van der Waals surface area (Å²) in [4.78, 5) is 25.8. The average molecular weight is 450 g/mol. The lowest BCUT2D eigenvalue weighted by Crippen LogP contribution is -2.48. The molecule has 3 N–H and O–H groups in total. The smallest absolute Gasteiger partial charge is 0.407 e. The zero-order valence-electron chi connectivity index (χ0n) is 16.9. The van der Waals surface area contributed by atoms with E-state index in [4.69, 9.17) is 15.2 Å². The fourth-order valence-electron chi connectivity index (χ4n) is 3.83. The maximum Gasteiger partial charge on any atom is 0.407 e. The van der Waals surface area contributed by atoms with Gasteiger partial charge in [-0.1, -0.05) is 12.1 Å². The minimum Gasteiger partial charge on any atom is -0.457 e. The molecule has 7 nitrogen and oxygen atoms in total. The minimum absolute atomic E-state index is 0. The van der Waals surface area contributed by atoms with E-state index < -0.39 is 23.4 Å². The van der Waals surface area contributed by atoms with E-state index in [-0.39, 0.29) is 18.0 Å². The number of hydrogen-bond donors (Lipinski definition) is 2. The van der Waals surface area contributed by atoms with Gasteiger partial charge in [0.2, 0.25) is 0 Å². The van der Waals surface area contributed by atoms with Crippen LogP contribution in [0.5, 0.6) is 11.5 Å². The largest absolute Gasteiger partial charge is 0.457 e. The second-order valence-electron chi connectivity index (χ2n) is 7.64. The van der Waals surface area contributed by atoms with E-state index in [2.05, 4.69) is 5.32 Å². The van der Waals surface area contributed by atoms with Crippen LogP contribution in [-0.2, 0) is 11.2 Å². The number of likely N-dealkylation sites (tertiary alicyclic amines) is 1. The van der Waals surface area contributed by atoms with Crippen molar-refractivity contribution in [3.63, 3.8) is 0 Å². The number of nitrogens with one attached hydrogen (secondary N) is 1. The lowest BCUT2D eigenvalue weighted by atomic mass is 9.91. The van der Waals surface area contributed by atoms with Crippen molar-refractivity contribution in [3.05, 3.63) is 59.4 Å². The number of nitrogens with zero attached hydrogens (tertiary/aromatic N) is 1. The van der Waals surface area contributed by atoms with Crippen molar-refractivity contribution < 1.29 is 23.5 Å². The number of rotatable bonds is 5. The average Bonchev–Trinajstić information content (AvgIpc) is 3.11. The molecule has 2 aromatic carbocycles. The van der Waals surface area contributed by atoms with Crippen molar-refractivity contribution in [1.29, 1.82) is 0 Å². The van der Waals surface area contributed by atoms with E-state index in [9.17, 15) is 14.0 Å². The number of ether oxygens (including phenoxy) is 2. The Balaban J connectivity index is 0.00000272. The van der Waals surface area contributed by atoms with E-state index in [1.165, 1.54) is 18.2 Å². The van der Waals surface area contributed by atoms with Gasteiger partial charge >= 0.3 is 6.09 Å². The van der Waals surface area contributed by atoms with Gasteiger partial charge in [0.05, 0.1) is 12.1 Å². The zero-order valence-corrected chi connectivity index (χ0v) is 17.8. The van der Waals surface area contributed by atoms with Crippen LogP contribution in [0.1, 0.15) is 28.8 Å². The number of amides is 2. The number of alkyl carbamates (subject to hydrolysis) is 1. The quantitative estimate of drug-likeness (QED) is 0.730. The molecule has 166 valence electrons. The van der Waals surface area contributed by atoms with Crippen molar-refractivity contribution in [1.82, 2.24) is 10.2 Å². The highest BCUT2D eigenvalue weighted by Crippen LogP contribution is 2.31. The Morgan fingerprint density at radius 1 is 1.16 bits per heavy atom. The summed E-state index contributed by atoms with van der Waals surface area (Å²) in [5.74, 6) is -0.0202. The second-order valence-corrected chi connectivity index (χ2v) is 7.64. The Kier molecular flexibility index (Phi) is 7.02. The first-order chi connectivity index (χ1) is 14.5. The molecule has 0 bridgehead atoms. The van der Waals surface area contributed by atoms with E-state index in [1.807, 2.05) is 24.3 Å². The van der Waals surface area contributed by atoms with E-state index >= 15 is 0 Å². The van der Waals surface area contributed by atoms with Gasteiger partial charge in [0.25, 0.3) is 5.91 Å². The standard InChI is InChI=1S/C22H24FN3O4.ClH/c23-19-6-5-17(29-16-3-1-15(2-4-16)7-10-24)13-18(19)20(27)26-11-8-22(9-12-26)14-25-21(28)30-22;/h1-6,13H,7-12,14,24H2,(H,25,28);1H. The highest BCUT2D eigenvalue weighted by molar-refractivity contribution is 5.95. The van der Waals surface area contributed by atoms with Gasteiger partial charge < -0.3 is 25.4 Å². The summed E-state index contributed by atoms with van der Waals surface area (Å²) in [6, 6.07) is 11.6. The van der Waals surface area contributed by atoms with Crippen molar-refractivity contribution in [3.8, 4) is 11.5 Å². The topological polar surface area (TPSA) is 93.9 Å². The fourth-order valence-corrected chi connectivity index (χ4v) is 3.83. The Hall–Kier alpha value is -2.84. The first kappa shape index (κ1) is 22.8. The molecule has 0 atom stereocenters. The summed E-state index contributed by atoms with van der Waals surface area (Å²) < 4.78 is 25.6. The Morgan fingerprint density at radius 2 is 1.84 bits per heavy atom. The molecule has 31 heavy (non-hydrogen) atoms. The lowest BCUT2D eigenvalue weighted by Gasteiger charge is -2.37. The molecule has 2 aliphatic rings. The molecule has 4 rings (SSSR count). The van der Waals surface area contributed by atoms with Crippen molar-refractivity contribution >= 4 is 24.4 Å². The molecule has 0 unspecified atom stereocenters. The van der Waals surface area contributed by atoms with Crippen LogP contribution < -0.4 is 15.8 Å². The maximum absolute atomic E-state index is 14.4. The molecule has 2 saturated heterocycles. The van der Waals surface area contributed by atoms with E-state index in [0.717, 1.165) is 12.0 Å². The molecular weight excluding hydrogens is 425 g/mol. The van der Waals surface area contributed by atoms with Gasteiger partial charge in [0.15, 0.2) is 0 Å². The zero-order chi connectivity index (χ0) is 21.1. The Morgan fingerprint density at radius 3 is 2.45 bits per heavy atom. The molecule has 2 fully saturated rings. The number of carbonyl (C=O) groups excluding carboxylic acids is 2. The van der Waals surface area contributed by atoms with Gasteiger partial charge in [-0.2, -0.15) is 0 Å². The van der Waals surface area contributed by atoms with E-state index in [0.29, 0.717) is 50.5 Å². The van der Waals surface area contributed by atoms with Crippen LogP contribution in [0.3, 0.4) is 0 Å². The lowest BCUT2D eigenvalue weighted by molar-refractivity contribution is 0.00319. The molecule has 0 saturated carbocycles. The van der Waals surface area contributed by atoms with Gasteiger partial charge in [-0.15, -0.1) is 12.4 Å². The molecule has 2 aliphatic heterocycles. The SMILES string of the molecule is Cl.NCCc1ccc(Oc2ccc(F)c(C(=O)N3CCC4(CC3)CNC(=O)O4)c2)cc1. The highest BCUT2D eigenvalue weighted by atomic mass is 35.5. The van der Waals surface area contributed by atoms with Gasteiger partial charge in [-0.3, -0.25) is 4.79 Å². The molecule has 2 heterocycles. The van der Waals surface area contributed by atoms with Crippen LogP contribution in [0.25, 0.3) is 0 Å². The van der Waals surface area contributed by atoms with Crippen molar-refractivity contribution in [2.75, 3.05) is 26.2 Å². The molecule has 0 radical (unpaired) electrons. The first-order valence-corrected chi connectivity index (χ1v) is 10.0. The molecule has 1 spiro atoms. The summed E-state index contributed by atoms with van der Waals surface area (Å²) in [6.45, 7) is 1.79. The summed E-state index contributed by atoms with van der Waals surface area (Å²) in [5.41, 5.74) is 6.06. The second kappa shape index (κ2) is 9.53. The predicted octanol–water partition coefficient (Wildman–Crippen LogP) is 3.26. The molecular formula is C22H25ClFN3O4. The summed E-state index contributed by atoms with van der Waals surface area (Å²) in [6.07, 6.45) is 1.39. The number of piperidine rings is 1. The number of halogens is 2. The normalized spacial score (nSPS) is 17.0. The maximum atomic E-state index is 14.4. The third-order valence-electron chi connectivity index (χ3n) is 5.59. The number of hydrogen-bond acceptors (Lipinski definition) is 5. The fraction of sp³-hybridized carbons (Fsp3) is 0.364. The van der Waals surface area contributed by atoms with Crippen molar-refractivity contribution in [2.24, 2.45) is 5.73 Å². The monoisotopic (exact) mass is 449 g/mol. The minimum atomic E-state index is -0.597. The highest BCUT2D eigenvalue weighted by Gasteiger charge is 2.43. The molecule has 0 aromatic heterocycles. The summed E-state index contributed by atoms with van der Waals surface area (Å²) in [7, 11) is 0. The third kappa shape index (κ3) is 5.08. The van der Waals surface area contributed by atoms with Crippen LogP contribution in [0, 0.1) is 5.82 Å². The Bertz CT molecular complexity index is 946. The van der Waals surface area contributed by atoms with Crippen LogP contribution in [-0.4, -0.2) is 48.7 Å². The number of nitrogens with two attached hydrogens (primary N) is 1. The molecule has 2 aromatic rings. The summed E-state index contributed by atoms with van der Waals surface area (Å²) in [5, 5.41) is 2.66. The van der Waals surface area contributed by atoms with Gasteiger partial charge in [-0.25, -0.2) is 9.18 Å². The van der Waals surface area contributed by atoms with Crippen LogP contribution in [0.2, 0.25) is 0 Å². The number of carbonyl (C=O) groups is 2. The Labute approximate surface area is 186 Å². The predicted molar refractivity (Wildman–Crippen MR) is 115 cm³/mol.